The van der Waals surface area contributed by atoms with Crippen LogP contribution < -0.4 is 5.73 Å². The SMILES string of the molecule is Cc1ccc(C(N)Cc2nc(C(C)(C)C)cs2)cn1. The van der Waals surface area contributed by atoms with Crippen molar-refractivity contribution in [2.75, 3.05) is 0 Å². The lowest BCUT2D eigenvalue weighted by molar-refractivity contribution is 0.569. The van der Waals surface area contributed by atoms with Crippen LogP contribution in [0.3, 0.4) is 0 Å². The first-order valence-corrected chi connectivity index (χ1v) is 7.37. The first kappa shape index (κ1) is 14.2. The minimum Gasteiger partial charge on any atom is -0.324 e. The molecule has 0 aromatic carbocycles. The molecule has 1 unspecified atom stereocenters. The van der Waals surface area contributed by atoms with Crippen molar-refractivity contribution in [3.63, 3.8) is 0 Å². The molecule has 0 amide bonds. The summed E-state index contributed by atoms with van der Waals surface area (Å²) in [4.78, 5) is 8.97. The van der Waals surface area contributed by atoms with Crippen molar-refractivity contribution < 1.29 is 0 Å². The Morgan fingerprint density at radius 2 is 2.05 bits per heavy atom. The molecule has 0 fully saturated rings. The van der Waals surface area contributed by atoms with Crippen LogP contribution in [0.2, 0.25) is 0 Å². The Kier molecular flexibility index (Phi) is 4.02. The van der Waals surface area contributed by atoms with E-state index in [2.05, 4.69) is 36.1 Å². The molecule has 0 bridgehead atoms. The van der Waals surface area contributed by atoms with Gasteiger partial charge in [-0.2, -0.15) is 0 Å². The summed E-state index contributed by atoms with van der Waals surface area (Å²) >= 11 is 1.69. The maximum atomic E-state index is 6.22. The van der Waals surface area contributed by atoms with Gasteiger partial charge in [-0.1, -0.05) is 26.8 Å². The van der Waals surface area contributed by atoms with Crippen molar-refractivity contribution in [3.8, 4) is 0 Å². The highest BCUT2D eigenvalue weighted by Crippen LogP contribution is 2.26. The Morgan fingerprint density at radius 1 is 1.32 bits per heavy atom. The minimum absolute atomic E-state index is 0.0351. The van der Waals surface area contributed by atoms with Crippen molar-refractivity contribution in [2.24, 2.45) is 5.73 Å². The molecule has 102 valence electrons. The van der Waals surface area contributed by atoms with Gasteiger partial charge in [-0.25, -0.2) is 4.98 Å². The third-order valence-electron chi connectivity index (χ3n) is 3.08. The largest absolute Gasteiger partial charge is 0.324 e. The standard InChI is InChI=1S/C15H21N3S/c1-10-5-6-11(8-17-10)12(16)7-14-18-13(9-19-14)15(2,3)4/h5-6,8-9,12H,7,16H2,1-4H3. The summed E-state index contributed by atoms with van der Waals surface area (Å²) in [7, 11) is 0. The minimum atomic E-state index is -0.0351. The number of aryl methyl sites for hydroxylation is 1. The molecule has 2 aromatic rings. The highest BCUT2D eigenvalue weighted by Gasteiger charge is 2.18. The summed E-state index contributed by atoms with van der Waals surface area (Å²) in [6.07, 6.45) is 2.63. The van der Waals surface area contributed by atoms with Gasteiger partial charge in [0.2, 0.25) is 0 Å². The van der Waals surface area contributed by atoms with Crippen LogP contribution >= 0.6 is 11.3 Å². The molecule has 2 rings (SSSR count). The second-order valence-corrected chi connectivity index (χ2v) is 6.86. The van der Waals surface area contributed by atoms with E-state index in [1.54, 1.807) is 11.3 Å². The summed E-state index contributed by atoms with van der Waals surface area (Å²) in [5.41, 5.74) is 9.55. The first-order valence-electron chi connectivity index (χ1n) is 6.49. The fraction of sp³-hybridized carbons (Fsp3) is 0.467. The van der Waals surface area contributed by atoms with Crippen molar-refractivity contribution in [1.29, 1.82) is 0 Å². The average Bonchev–Trinajstić information content (AvgIpc) is 2.78. The van der Waals surface area contributed by atoms with Crippen LogP contribution in [-0.2, 0) is 11.8 Å². The van der Waals surface area contributed by atoms with E-state index in [0.717, 1.165) is 28.4 Å². The van der Waals surface area contributed by atoms with E-state index < -0.39 is 0 Å². The van der Waals surface area contributed by atoms with Gasteiger partial charge in [0.15, 0.2) is 0 Å². The summed E-state index contributed by atoms with van der Waals surface area (Å²) in [6, 6.07) is 4.01. The van der Waals surface area contributed by atoms with Gasteiger partial charge in [-0.05, 0) is 18.6 Å². The predicted octanol–water partition coefficient (Wildman–Crippen LogP) is 3.39. The lowest BCUT2D eigenvalue weighted by atomic mass is 9.93. The molecule has 19 heavy (non-hydrogen) atoms. The molecule has 0 saturated carbocycles. The summed E-state index contributed by atoms with van der Waals surface area (Å²) < 4.78 is 0. The number of thiazole rings is 1. The molecular weight excluding hydrogens is 254 g/mol. The van der Waals surface area contributed by atoms with E-state index in [0.29, 0.717) is 0 Å². The van der Waals surface area contributed by atoms with Crippen LogP contribution in [0.25, 0.3) is 0 Å². The van der Waals surface area contributed by atoms with Gasteiger partial charge in [0.25, 0.3) is 0 Å². The zero-order valence-corrected chi connectivity index (χ0v) is 12.8. The number of pyridine rings is 1. The van der Waals surface area contributed by atoms with Crippen LogP contribution in [-0.4, -0.2) is 9.97 Å². The van der Waals surface area contributed by atoms with Gasteiger partial charge in [-0.15, -0.1) is 11.3 Å². The van der Waals surface area contributed by atoms with Crippen LogP contribution in [0.15, 0.2) is 23.7 Å². The summed E-state index contributed by atoms with van der Waals surface area (Å²) in [5, 5.41) is 3.23. The topological polar surface area (TPSA) is 51.8 Å². The average molecular weight is 275 g/mol. The zero-order chi connectivity index (χ0) is 14.0. The third-order valence-corrected chi connectivity index (χ3v) is 3.95. The van der Waals surface area contributed by atoms with Gasteiger partial charge in [0.05, 0.1) is 10.7 Å². The predicted molar refractivity (Wildman–Crippen MR) is 80.4 cm³/mol. The normalized spacial score (nSPS) is 13.5. The van der Waals surface area contributed by atoms with Gasteiger partial charge < -0.3 is 5.73 Å². The Balaban J connectivity index is 2.08. The molecule has 0 saturated heterocycles. The van der Waals surface area contributed by atoms with Gasteiger partial charge in [-0.3, -0.25) is 4.98 Å². The van der Waals surface area contributed by atoms with Gasteiger partial charge >= 0.3 is 0 Å². The fourth-order valence-corrected chi connectivity index (χ4v) is 2.83. The maximum Gasteiger partial charge on any atom is 0.0947 e. The number of hydrogen-bond acceptors (Lipinski definition) is 4. The molecule has 1 atom stereocenters. The monoisotopic (exact) mass is 275 g/mol. The second kappa shape index (κ2) is 5.39. The number of rotatable bonds is 3. The Morgan fingerprint density at radius 3 is 2.58 bits per heavy atom. The van der Waals surface area contributed by atoms with Gasteiger partial charge in [0, 0.05) is 35.1 Å². The zero-order valence-electron chi connectivity index (χ0n) is 12.0. The van der Waals surface area contributed by atoms with Crippen LogP contribution in [0.4, 0.5) is 0 Å². The smallest absolute Gasteiger partial charge is 0.0947 e. The molecule has 0 spiro atoms. The summed E-state index contributed by atoms with van der Waals surface area (Å²) in [5.74, 6) is 0. The quantitative estimate of drug-likeness (QED) is 0.934. The molecule has 0 aliphatic rings. The highest BCUT2D eigenvalue weighted by molar-refractivity contribution is 7.09. The molecule has 2 N–H and O–H groups in total. The van der Waals surface area contributed by atoms with Crippen molar-refractivity contribution >= 4 is 11.3 Å². The fourth-order valence-electron chi connectivity index (χ4n) is 1.75. The summed E-state index contributed by atoms with van der Waals surface area (Å²) in [6.45, 7) is 8.51. The van der Waals surface area contributed by atoms with Crippen LogP contribution in [0, 0.1) is 6.92 Å². The van der Waals surface area contributed by atoms with Crippen molar-refractivity contribution in [3.05, 3.63) is 45.7 Å². The van der Waals surface area contributed by atoms with E-state index in [1.807, 2.05) is 25.3 Å². The van der Waals surface area contributed by atoms with E-state index in [9.17, 15) is 0 Å². The molecule has 2 aromatic heterocycles. The van der Waals surface area contributed by atoms with Gasteiger partial charge in [0.1, 0.15) is 0 Å². The molecule has 0 aliphatic heterocycles. The second-order valence-electron chi connectivity index (χ2n) is 5.92. The van der Waals surface area contributed by atoms with Crippen LogP contribution in [0.5, 0.6) is 0 Å². The lowest BCUT2D eigenvalue weighted by Crippen LogP contribution is -2.15. The Labute approximate surface area is 118 Å². The number of nitrogens with two attached hydrogens (primary N) is 1. The van der Waals surface area contributed by atoms with Crippen LogP contribution in [0.1, 0.15) is 48.8 Å². The van der Waals surface area contributed by atoms with E-state index >= 15 is 0 Å². The maximum absolute atomic E-state index is 6.22. The molecular formula is C15H21N3S. The first-order chi connectivity index (χ1) is 8.86. The lowest BCUT2D eigenvalue weighted by Gasteiger charge is -2.14. The number of nitrogens with zero attached hydrogens (tertiary/aromatic N) is 2. The number of aromatic nitrogens is 2. The molecule has 3 nitrogen and oxygen atoms in total. The highest BCUT2D eigenvalue weighted by atomic mass is 32.1. The molecule has 0 aliphatic carbocycles. The number of hydrogen-bond donors (Lipinski definition) is 1. The Bertz CT molecular complexity index is 537. The molecule has 2 heterocycles. The van der Waals surface area contributed by atoms with E-state index in [4.69, 9.17) is 5.73 Å². The van der Waals surface area contributed by atoms with Crippen molar-refractivity contribution in [1.82, 2.24) is 9.97 Å². The van der Waals surface area contributed by atoms with E-state index in [1.165, 1.54) is 0 Å². The molecule has 4 heteroatoms. The molecule has 0 radical (unpaired) electrons. The van der Waals surface area contributed by atoms with Crippen molar-refractivity contribution in [2.45, 2.75) is 45.6 Å². The third kappa shape index (κ3) is 3.61. The Hall–Kier alpha value is -1.26. The van der Waals surface area contributed by atoms with E-state index in [-0.39, 0.29) is 11.5 Å².